The Morgan fingerprint density at radius 2 is 1.17 bits per heavy atom. The van der Waals surface area contributed by atoms with E-state index in [4.69, 9.17) is 4.74 Å². The van der Waals surface area contributed by atoms with E-state index in [0.29, 0.717) is 6.07 Å². The molecule has 0 aliphatic rings. The van der Waals surface area contributed by atoms with Gasteiger partial charge in [0.25, 0.3) is 6.71 Å². The molecule has 0 aliphatic heterocycles. The summed E-state index contributed by atoms with van der Waals surface area (Å²) in [5, 5.41) is 0. The van der Waals surface area contributed by atoms with Crippen molar-refractivity contribution in [2.45, 2.75) is 13.8 Å². The van der Waals surface area contributed by atoms with E-state index >= 15 is 0 Å². The lowest BCUT2D eigenvalue weighted by molar-refractivity contribution is 0.387. The van der Waals surface area contributed by atoms with Gasteiger partial charge in [-0.1, -0.05) is 12.1 Å². The Balaban J connectivity index is 2.50. The van der Waals surface area contributed by atoms with Crippen molar-refractivity contribution < 1.29 is 31.1 Å². The minimum atomic E-state index is -1.84. The van der Waals surface area contributed by atoms with Gasteiger partial charge in [-0.25, -0.2) is 26.3 Å². The molecule has 0 heterocycles. The molecule has 0 amide bonds. The highest BCUT2D eigenvalue weighted by Crippen LogP contribution is 2.19. The van der Waals surface area contributed by atoms with Crippen LogP contribution in [0.25, 0.3) is 0 Å². The minimum Gasteiger partial charge on any atom is -0.494 e. The van der Waals surface area contributed by atoms with E-state index in [1.54, 1.807) is 0 Å². The summed E-state index contributed by atoms with van der Waals surface area (Å²) in [6.45, 7) is 0.832. The number of hydrogen-bond donors (Lipinski definition) is 0. The second-order valence-electron chi connectivity index (χ2n) is 6.63. The van der Waals surface area contributed by atoms with Crippen molar-refractivity contribution in [2.24, 2.45) is 0 Å². The first-order chi connectivity index (χ1) is 13.7. The number of hydrogen-bond acceptors (Lipinski definition) is 1. The van der Waals surface area contributed by atoms with Gasteiger partial charge in [-0.15, -0.1) is 0 Å². The molecule has 3 aromatic carbocycles. The van der Waals surface area contributed by atoms with Crippen LogP contribution in [0.2, 0.25) is 0 Å². The van der Waals surface area contributed by atoms with E-state index in [-0.39, 0.29) is 11.1 Å². The Kier molecular flexibility index (Phi) is 5.64. The van der Waals surface area contributed by atoms with Crippen LogP contribution < -0.4 is 21.1 Å². The molecular formula is C21H15BF6O. The first-order valence-corrected chi connectivity index (χ1v) is 8.59. The average molecular weight is 408 g/mol. The zero-order valence-electron chi connectivity index (χ0n) is 15.7. The summed E-state index contributed by atoms with van der Waals surface area (Å²) in [5.41, 5.74) is -1.93. The van der Waals surface area contributed by atoms with Gasteiger partial charge in [0, 0.05) is 17.0 Å². The highest BCUT2D eigenvalue weighted by molar-refractivity contribution is 6.96. The number of methoxy groups -OCH3 is 1. The summed E-state index contributed by atoms with van der Waals surface area (Å²) in [6.07, 6.45) is 0. The van der Waals surface area contributed by atoms with Gasteiger partial charge in [0.1, 0.15) is 34.8 Å². The van der Waals surface area contributed by atoms with E-state index in [0.717, 1.165) is 37.4 Å². The van der Waals surface area contributed by atoms with Crippen LogP contribution in [-0.2, 0) is 0 Å². The van der Waals surface area contributed by atoms with Crippen molar-refractivity contribution in [3.8, 4) is 5.75 Å². The molecule has 0 fully saturated rings. The van der Waals surface area contributed by atoms with Crippen LogP contribution in [-0.4, -0.2) is 13.8 Å². The lowest BCUT2D eigenvalue weighted by atomic mass is 9.36. The maximum absolute atomic E-state index is 15.0. The Morgan fingerprint density at radius 3 is 1.62 bits per heavy atom. The third-order valence-electron chi connectivity index (χ3n) is 4.77. The predicted molar refractivity (Wildman–Crippen MR) is 99.8 cm³/mol. The standard InChI is InChI=1S/C21H15BF6O/c1-10-4-6-14(24)17(19(10)27)22(18-15(25)7-5-11(2)20(18)28)13-8-12(23)9-16(26)21(13)29-3/h4-9H,1-3H3. The third-order valence-corrected chi connectivity index (χ3v) is 4.77. The molecule has 0 radical (unpaired) electrons. The molecule has 0 atom stereocenters. The largest absolute Gasteiger partial charge is 0.494 e. The fourth-order valence-corrected chi connectivity index (χ4v) is 3.35. The van der Waals surface area contributed by atoms with Crippen LogP contribution in [0.15, 0.2) is 36.4 Å². The van der Waals surface area contributed by atoms with Gasteiger partial charge in [-0.3, -0.25) is 0 Å². The summed E-state index contributed by atoms with van der Waals surface area (Å²) >= 11 is 0. The summed E-state index contributed by atoms with van der Waals surface area (Å²) in [7, 11) is 1.06. The fraction of sp³-hybridized carbons (Fsp3) is 0.143. The molecule has 150 valence electrons. The Hall–Kier alpha value is -2.90. The predicted octanol–water partition coefficient (Wildman–Crippen LogP) is 3.66. The number of ether oxygens (including phenoxy) is 1. The third kappa shape index (κ3) is 3.59. The van der Waals surface area contributed by atoms with Crippen LogP contribution in [0.5, 0.6) is 5.75 Å². The van der Waals surface area contributed by atoms with E-state index in [9.17, 15) is 26.3 Å². The molecule has 0 aliphatic carbocycles. The van der Waals surface area contributed by atoms with Gasteiger partial charge in [0.05, 0.1) is 7.11 Å². The molecule has 0 saturated heterocycles. The maximum atomic E-state index is 15.0. The van der Waals surface area contributed by atoms with Crippen LogP contribution in [0, 0.1) is 48.8 Å². The molecule has 8 heteroatoms. The maximum Gasteiger partial charge on any atom is 0.261 e. The van der Waals surface area contributed by atoms with Crippen LogP contribution in [0.3, 0.4) is 0 Å². The van der Waals surface area contributed by atoms with Gasteiger partial charge in [0.2, 0.25) is 0 Å². The minimum absolute atomic E-state index is 0.00397. The highest BCUT2D eigenvalue weighted by Gasteiger charge is 2.37. The molecule has 0 unspecified atom stereocenters. The summed E-state index contributed by atoms with van der Waals surface area (Å²) in [5.74, 6) is -7.24. The van der Waals surface area contributed by atoms with Crippen molar-refractivity contribution in [2.75, 3.05) is 7.11 Å². The molecule has 3 rings (SSSR count). The molecule has 3 aromatic rings. The van der Waals surface area contributed by atoms with Gasteiger partial charge in [-0.2, -0.15) is 0 Å². The van der Waals surface area contributed by atoms with Crippen LogP contribution in [0.1, 0.15) is 11.1 Å². The number of rotatable bonds is 4. The monoisotopic (exact) mass is 408 g/mol. The van der Waals surface area contributed by atoms with Gasteiger partial charge < -0.3 is 4.74 Å². The van der Waals surface area contributed by atoms with Gasteiger partial charge in [0.15, 0.2) is 5.82 Å². The first-order valence-electron chi connectivity index (χ1n) is 8.59. The lowest BCUT2D eigenvalue weighted by Crippen LogP contribution is -2.57. The van der Waals surface area contributed by atoms with E-state index in [1.165, 1.54) is 13.8 Å². The SMILES string of the molecule is COc1c(F)cc(F)cc1B(c1c(F)ccc(C)c1F)c1c(F)ccc(C)c1F. The van der Waals surface area contributed by atoms with Crippen molar-refractivity contribution >= 4 is 23.1 Å². The Bertz CT molecular complexity index is 1040. The molecule has 29 heavy (non-hydrogen) atoms. The molecule has 0 bridgehead atoms. The number of benzene rings is 3. The molecule has 0 saturated carbocycles. The molecule has 0 N–H and O–H groups in total. The zero-order valence-corrected chi connectivity index (χ0v) is 15.7. The normalized spacial score (nSPS) is 10.9. The topological polar surface area (TPSA) is 9.23 Å². The lowest BCUT2D eigenvalue weighted by Gasteiger charge is -2.22. The summed E-state index contributed by atoms with van der Waals surface area (Å²) in [4.78, 5) is 0. The molecule has 0 aromatic heterocycles. The smallest absolute Gasteiger partial charge is 0.261 e. The van der Waals surface area contributed by atoms with Crippen molar-refractivity contribution in [1.29, 1.82) is 0 Å². The first kappa shape index (κ1) is 20.8. The van der Waals surface area contributed by atoms with Gasteiger partial charge >= 0.3 is 0 Å². The number of aryl methyl sites for hydroxylation is 2. The zero-order chi connectivity index (χ0) is 21.5. The molecule has 0 spiro atoms. The molecule has 1 nitrogen and oxygen atoms in total. The van der Waals surface area contributed by atoms with Crippen molar-refractivity contribution in [3.05, 3.63) is 82.4 Å². The molecular weight excluding hydrogens is 393 g/mol. The average Bonchev–Trinajstić information content (AvgIpc) is 2.66. The highest BCUT2D eigenvalue weighted by atomic mass is 19.2. The Morgan fingerprint density at radius 1 is 0.690 bits per heavy atom. The Labute approximate surface area is 164 Å². The fourth-order valence-electron chi connectivity index (χ4n) is 3.35. The van der Waals surface area contributed by atoms with Crippen LogP contribution in [0.4, 0.5) is 26.3 Å². The summed E-state index contributed by atoms with van der Waals surface area (Å²) in [6, 6.07) is 5.40. The quantitative estimate of drug-likeness (QED) is 0.473. The van der Waals surface area contributed by atoms with Crippen molar-refractivity contribution in [3.63, 3.8) is 0 Å². The van der Waals surface area contributed by atoms with Crippen LogP contribution >= 0.6 is 0 Å². The number of halogens is 6. The second kappa shape index (κ2) is 7.85. The van der Waals surface area contributed by atoms with E-state index in [1.807, 2.05) is 0 Å². The van der Waals surface area contributed by atoms with Crippen molar-refractivity contribution in [1.82, 2.24) is 0 Å². The summed E-state index contributed by atoms with van der Waals surface area (Å²) < 4.78 is 92.7. The van der Waals surface area contributed by atoms with Gasteiger partial charge in [-0.05, 0) is 48.6 Å². The van der Waals surface area contributed by atoms with E-state index in [2.05, 4.69) is 0 Å². The van der Waals surface area contributed by atoms with E-state index < -0.39 is 63.8 Å². The second-order valence-corrected chi connectivity index (χ2v) is 6.63.